The van der Waals surface area contributed by atoms with Crippen molar-refractivity contribution in [1.82, 2.24) is 0 Å². The Hall–Kier alpha value is 0.270. The quantitative estimate of drug-likeness (QED) is 0.638. The molecule has 0 aromatic heterocycles. The molecule has 2 atom stereocenters. The Labute approximate surface area is 73.6 Å². The molecule has 0 saturated carbocycles. The third kappa shape index (κ3) is 6.66. The van der Waals surface area contributed by atoms with Gasteiger partial charge in [0.15, 0.2) is 0 Å². The van der Waals surface area contributed by atoms with Gasteiger partial charge in [0.25, 0.3) is 0 Å². The average molecular weight is 177 g/mol. The highest BCUT2D eigenvalue weighted by atomic mass is 32.2. The number of aliphatic hydroxyl groups is 1. The smallest absolute Gasteiger partial charge is 0.0752 e. The molecular formula is C8H19NOS. The molecule has 3 N–H and O–H groups in total. The minimum Gasteiger partial charge on any atom is -0.391 e. The fourth-order valence-corrected chi connectivity index (χ4v) is 1.77. The maximum absolute atomic E-state index is 9.10. The highest BCUT2D eigenvalue weighted by molar-refractivity contribution is 7.99. The second-order valence-corrected chi connectivity index (χ2v) is 4.02. The van der Waals surface area contributed by atoms with Gasteiger partial charge < -0.3 is 10.8 Å². The molecule has 0 amide bonds. The fraction of sp³-hybridized carbons (Fsp3) is 1.00. The first-order chi connectivity index (χ1) is 5.20. The third-order valence-electron chi connectivity index (χ3n) is 1.68. The fourth-order valence-electron chi connectivity index (χ4n) is 0.591. The number of rotatable bonds is 6. The average Bonchev–Trinajstić information content (AvgIpc) is 2.04. The van der Waals surface area contributed by atoms with Gasteiger partial charge in [0.2, 0.25) is 0 Å². The van der Waals surface area contributed by atoms with Crippen LogP contribution in [0.15, 0.2) is 0 Å². The lowest BCUT2D eigenvalue weighted by Gasteiger charge is -2.10. The van der Waals surface area contributed by atoms with E-state index in [4.69, 9.17) is 10.8 Å². The number of hydrogen-bond acceptors (Lipinski definition) is 3. The van der Waals surface area contributed by atoms with Gasteiger partial charge in [0, 0.05) is 12.3 Å². The van der Waals surface area contributed by atoms with E-state index < -0.39 is 0 Å². The molecule has 11 heavy (non-hydrogen) atoms. The van der Waals surface area contributed by atoms with Gasteiger partial charge in [0.1, 0.15) is 0 Å². The van der Waals surface area contributed by atoms with Crippen LogP contribution in [0.5, 0.6) is 0 Å². The van der Waals surface area contributed by atoms with Crippen LogP contribution in [0.1, 0.15) is 20.3 Å². The second kappa shape index (κ2) is 6.95. The second-order valence-electron chi connectivity index (χ2n) is 2.94. The van der Waals surface area contributed by atoms with E-state index in [2.05, 4.69) is 13.8 Å². The summed E-state index contributed by atoms with van der Waals surface area (Å²) in [6.45, 7) is 4.79. The van der Waals surface area contributed by atoms with Crippen molar-refractivity contribution in [3.8, 4) is 0 Å². The molecule has 0 saturated heterocycles. The minimum absolute atomic E-state index is 0.316. The van der Waals surface area contributed by atoms with E-state index in [1.165, 1.54) is 6.42 Å². The van der Waals surface area contributed by atoms with Crippen LogP contribution in [0.2, 0.25) is 0 Å². The maximum Gasteiger partial charge on any atom is 0.0752 e. The summed E-state index contributed by atoms with van der Waals surface area (Å²) in [6, 6.07) is 0. The number of hydrogen-bond donors (Lipinski definition) is 2. The zero-order valence-corrected chi connectivity index (χ0v) is 8.23. The van der Waals surface area contributed by atoms with Crippen LogP contribution < -0.4 is 5.73 Å². The lowest BCUT2D eigenvalue weighted by Crippen LogP contribution is -2.22. The van der Waals surface area contributed by atoms with Crippen molar-refractivity contribution >= 4 is 11.8 Å². The molecule has 0 aliphatic rings. The minimum atomic E-state index is -0.316. The largest absolute Gasteiger partial charge is 0.391 e. The summed E-state index contributed by atoms with van der Waals surface area (Å²) < 4.78 is 0. The standard InChI is InChI=1S/C8H19NOS/c1-3-7(2)5-11-6-8(10)4-9/h7-8,10H,3-6,9H2,1-2H3. The Balaban J connectivity index is 3.13. The van der Waals surface area contributed by atoms with Crippen LogP contribution in [0, 0.1) is 5.92 Å². The molecule has 0 rings (SSSR count). The molecule has 0 spiro atoms. The maximum atomic E-state index is 9.10. The lowest BCUT2D eigenvalue weighted by atomic mass is 10.2. The van der Waals surface area contributed by atoms with Crippen LogP contribution in [0.4, 0.5) is 0 Å². The zero-order chi connectivity index (χ0) is 8.69. The Kier molecular flexibility index (Phi) is 7.12. The van der Waals surface area contributed by atoms with Crippen LogP contribution in [-0.4, -0.2) is 29.3 Å². The van der Waals surface area contributed by atoms with Gasteiger partial charge in [-0.2, -0.15) is 11.8 Å². The van der Waals surface area contributed by atoms with Crippen molar-refractivity contribution in [2.45, 2.75) is 26.4 Å². The molecule has 0 aromatic rings. The van der Waals surface area contributed by atoms with Gasteiger partial charge in [-0.1, -0.05) is 20.3 Å². The van der Waals surface area contributed by atoms with E-state index in [-0.39, 0.29) is 6.10 Å². The van der Waals surface area contributed by atoms with Crippen LogP contribution in [0.3, 0.4) is 0 Å². The summed E-state index contributed by atoms with van der Waals surface area (Å²) in [4.78, 5) is 0. The van der Waals surface area contributed by atoms with Gasteiger partial charge in [0.05, 0.1) is 6.10 Å². The van der Waals surface area contributed by atoms with Crippen LogP contribution in [-0.2, 0) is 0 Å². The van der Waals surface area contributed by atoms with Crippen molar-refractivity contribution in [2.24, 2.45) is 11.7 Å². The molecule has 3 heteroatoms. The molecule has 0 heterocycles. The van der Waals surface area contributed by atoms with Gasteiger partial charge in [-0.15, -0.1) is 0 Å². The monoisotopic (exact) mass is 177 g/mol. The number of aliphatic hydroxyl groups excluding tert-OH is 1. The predicted octanol–water partition coefficient (Wildman–Crippen LogP) is 1.09. The summed E-state index contributed by atoms with van der Waals surface area (Å²) in [5, 5.41) is 9.10. The Morgan fingerprint density at radius 3 is 2.55 bits per heavy atom. The molecule has 2 unspecified atom stereocenters. The highest BCUT2D eigenvalue weighted by Gasteiger charge is 2.02. The van der Waals surface area contributed by atoms with E-state index >= 15 is 0 Å². The van der Waals surface area contributed by atoms with Crippen LogP contribution in [0.25, 0.3) is 0 Å². The predicted molar refractivity (Wildman–Crippen MR) is 51.8 cm³/mol. The molecule has 2 nitrogen and oxygen atoms in total. The topological polar surface area (TPSA) is 46.2 Å². The summed E-state index contributed by atoms with van der Waals surface area (Å²) in [6.07, 6.45) is 0.898. The van der Waals surface area contributed by atoms with Gasteiger partial charge in [-0.25, -0.2) is 0 Å². The third-order valence-corrected chi connectivity index (χ3v) is 3.11. The van der Waals surface area contributed by atoms with Crippen molar-refractivity contribution in [1.29, 1.82) is 0 Å². The molecule has 68 valence electrons. The molecule has 0 fully saturated rings. The Morgan fingerprint density at radius 1 is 1.45 bits per heavy atom. The lowest BCUT2D eigenvalue weighted by molar-refractivity contribution is 0.208. The van der Waals surface area contributed by atoms with E-state index in [0.29, 0.717) is 6.54 Å². The van der Waals surface area contributed by atoms with E-state index in [9.17, 15) is 0 Å². The number of thioether (sulfide) groups is 1. The van der Waals surface area contributed by atoms with Crippen molar-refractivity contribution < 1.29 is 5.11 Å². The molecule has 0 aliphatic heterocycles. The Morgan fingerprint density at radius 2 is 2.09 bits per heavy atom. The van der Waals surface area contributed by atoms with Gasteiger partial charge in [-0.3, -0.25) is 0 Å². The molecule has 0 aliphatic carbocycles. The van der Waals surface area contributed by atoms with E-state index in [0.717, 1.165) is 17.4 Å². The van der Waals surface area contributed by atoms with Crippen molar-refractivity contribution in [3.63, 3.8) is 0 Å². The van der Waals surface area contributed by atoms with Crippen molar-refractivity contribution in [2.75, 3.05) is 18.1 Å². The first-order valence-electron chi connectivity index (χ1n) is 4.16. The first-order valence-corrected chi connectivity index (χ1v) is 5.32. The summed E-state index contributed by atoms with van der Waals surface area (Å²) in [5.41, 5.74) is 5.26. The molecule has 0 radical (unpaired) electrons. The highest BCUT2D eigenvalue weighted by Crippen LogP contribution is 2.11. The van der Waals surface area contributed by atoms with E-state index in [1.807, 2.05) is 0 Å². The first kappa shape index (κ1) is 11.3. The van der Waals surface area contributed by atoms with Crippen LogP contribution >= 0.6 is 11.8 Å². The summed E-state index contributed by atoms with van der Waals surface area (Å²) >= 11 is 1.79. The zero-order valence-electron chi connectivity index (χ0n) is 7.42. The molecule has 0 aromatic carbocycles. The number of nitrogens with two attached hydrogens (primary N) is 1. The van der Waals surface area contributed by atoms with Crippen molar-refractivity contribution in [3.05, 3.63) is 0 Å². The SMILES string of the molecule is CCC(C)CSCC(O)CN. The normalized spacial score (nSPS) is 16.4. The summed E-state index contributed by atoms with van der Waals surface area (Å²) in [5.74, 6) is 2.67. The molecular weight excluding hydrogens is 158 g/mol. The Bertz CT molecular complexity index is 80.2. The summed E-state index contributed by atoms with van der Waals surface area (Å²) in [7, 11) is 0. The van der Waals surface area contributed by atoms with Gasteiger partial charge >= 0.3 is 0 Å². The van der Waals surface area contributed by atoms with E-state index in [1.54, 1.807) is 11.8 Å². The molecule has 0 bridgehead atoms. The van der Waals surface area contributed by atoms with Gasteiger partial charge in [-0.05, 0) is 11.7 Å².